The van der Waals surface area contributed by atoms with Gasteiger partial charge in [-0.1, -0.05) is 24.3 Å². The maximum absolute atomic E-state index is 13.3. The van der Waals surface area contributed by atoms with Crippen molar-refractivity contribution in [3.63, 3.8) is 0 Å². The van der Waals surface area contributed by atoms with Crippen molar-refractivity contribution in [1.29, 1.82) is 0 Å². The first-order valence-electron chi connectivity index (χ1n) is 7.76. The van der Waals surface area contributed by atoms with Crippen molar-refractivity contribution < 1.29 is 31.9 Å². The van der Waals surface area contributed by atoms with Gasteiger partial charge in [0, 0.05) is 13.7 Å². The number of rotatable bonds is 5. The van der Waals surface area contributed by atoms with Crippen molar-refractivity contribution in [2.24, 2.45) is 0 Å². The van der Waals surface area contributed by atoms with Crippen LogP contribution in [0.4, 0.5) is 23.2 Å². The first-order valence-corrected chi connectivity index (χ1v) is 7.76. The SMILES string of the molecule is CO[C@@H](CNC(=O)C(=O)Nc1ccccc1C(F)(F)F)c1cccc(F)c1. The quantitative estimate of drug-likeness (QED) is 0.614. The van der Waals surface area contributed by atoms with E-state index in [-0.39, 0.29) is 6.54 Å². The van der Waals surface area contributed by atoms with Crippen LogP contribution in [0.3, 0.4) is 0 Å². The molecule has 0 spiro atoms. The molecule has 0 aromatic heterocycles. The fourth-order valence-electron chi connectivity index (χ4n) is 2.33. The minimum atomic E-state index is -4.68. The number of carbonyl (C=O) groups excluding carboxylic acids is 2. The lowest BCUT2D eigenvalue weighted by Crippen LogP contribution is -2.38. The van der Waals surface area contributed by atoms with Crippen LogP contribution in [0.1, 0.15) is 17.2 Å². The predicted octanol–water partition coefficient (Wildman–Crippen LogP) is 3.29. The van der Waals surface area contributed by atoms with E-state index in [9.17, 15) is 27.2 Å². The monoisotopic (exact) mass is 384 g/mol. The summed E-state index contributed by atoms with van der Waals surface area (Å²) in [5.41, 5.74) is -1.17. The molecular weight excluding hydrogens is 368 g/mol. The highest BCUT2D eigenvalue weighted by atomic mass is 19.4. The molecular formula is C18H16F4N2O3. The number of nitrogens with one attached hydrogen (secondary N) is 2. The van der Waals surface area contributed by atoms with Crippen molar-refractivity contribution in [3.05, 3.63) is 65.5 Å². The summed E-state index contributed by atoms with van der Waals surface area (Å²) in [6, 6.07) is 9.77. The zero-order valence-electron chi connectivity index (χ0n) is 14.1. The molecule has 2 amide bonds. The van der Waals surface area contributed by atoms with E-state index in [0.29, 0.717) is 5.56 Å². The summed E-state index contributed by atoms with van der Waals surface area (Å²) < 4.78 is 57.2. The number of ether oxygens (including phenoxy) is 1. The summed E-state index contributed by atoms with van der Waals surface area (Å²) in [4.78, 5) is 23.8. The number of benzene rings is 2. The number of amides is 2. The van der Waals surface area contributed by atoms with E-state index >= 15 is 0 Å². The van der Waals surface area contributed by atoms with Crippen molar-refractivity contribution in [2.45, 2.75) is 12.3 Å². The molecule has 2 N–H and O–H groups in total. The number of anilines is 1. The second-order valence-electron chi connectivity index (χ2n) is 5.49. The van der Waals surface area contributed by atoms with Crippen LogP contribution in [0.2, 0.25) is 0 Å². The molecule has 9 heteroatoms. The Bertz CT molecular complexity index is 824. The van der Waals surface area contributed by atoms with Crippen LogP contribution in [0.15, 0.2) is 48.5 Å². The Balaban J connectivity index is 2.01. The normalized spacial score (nSPS) is 12.3. The van der Waals surface area contributed by atoms with Gasteiger partial charge in [0.2, 0.25) is 0 Å². The van der Waals surface area contributed by atoms with Crippen molar-refractivity contribution >= 4 is 17.5 Å². The summed E-state index contributed by atoms with van der Waals surface area (Å²) in [5.74, 6) is -2.91. The molecule has 27 heavy (non-hydrogen) atoms. The molecule has 0 saturated carbocycles. The highest BCUT2D eigenvalue weighted by Crippen LogP contribution is 2.34. The van der Waals surface area contributed by atoms with Gasteiger partial charge in [-0.2, -0.15) is 13.2 Å². The van der Waals surface area contributed by atoms with Gasteiger partial charge in [-0.05, 0) is 29.8 Å². The summed E-state index contributed by atoms with van der Waals surface area (Å²) in [7, 11) is 1.33. The molecule has 0 aliphatic heterocycles. The smallest absolute Gasteiger partial charge is 0.375 e. The third-order valence-corrected chi connectivity index (χ3v) is 3.64. The van der Waals surface area contributed by atoms with Crippen LogP contribution >= 0.6 is 0 Å². The first kappa shape index (κ1) is 20.4. The second-order valence-corrected chi connectivity index (χ2v) is 5.49. The van der Waals surface area contributed by atoms with Crippen molar-refractivity contribution in [2.75, 3.05) is 19.0 Å². The van der Waals surface area contributed by atoms with Crippen LogP contribution in [-0.4, -0.2) is 25.5 Å². The summed E-state index contributed by atoms with van der Waals surface area (Å²) >= 11 is 0. The van der Waals surface area contributed by atoms with Gasteiger partial charge in [0.25, 0.3) is 0 Å². The Morgan fingerprint density at radius 2 is 1.78 bits per heavy atom. The Labute approximate surface area is 152 Å². The van der Waals surface area contributed by atoms with Gasteiger partial charge >= 0.3 is 18.0 Å². The van der Waals surface area contributed by atoms with E-state index in [4.69, 9.17) is 4.74 Å². The lowest BCUT2D eigenvalue weighted by Gasteiger charge is -2.17. The molecule has 0 unspecified atom stereocenters. The molecule has 0 bridgehead atoms. The molecule has 0 saturated heterocycles. The molecule has 0 radical (unpaired) electrons. The highest BCUT2D eigenvalue weighted by molar-refractivity contribution is 6.39. The second kappa shape index (κ2) is 8.63. The van der Waals surface area contributed by atoms with Crippen LogP contribution in [0.5, 0.6) is 0 Å². The number of para-hydroxylation sites is 1. The fraction of sp³-hybridized carbons (Fsp3) is 0.222. The summed E-state index contributed by atoms with van der Waals surface area (Å²) in [6.07, 6.45) is -5.42. The number of hydrogen-bond acceptors (Lipinski definition) is 3. The van der Waals surface area contributed by atoms with Gasteiger partial charge in [-0.25, -0.2) is 4.39 Å². The first-order chi connectivity index (χ1) is 12.7. The zero-order chi connectivity index (χ0) is 20.0. The van der Waals surface area contributed by atoms with E-state index in [1.54, 1.807) is 6.07 Å². The van der Waals surface area contributed by atoms with Gasteiger partial charge in [0.1, 0.15) is 5.82 Å². The fourth-order valence-corrected chi connectivity index (χ4v) is 2.33. The molecule has 0 aliphatic rings. The van der Waals surface area contributed by atoms with Crippen molar-refractivity contribution in [1.82, 2.24) is 5.32 Å². The average Bonchev–Trinajstić information content (AvgIpc) is 2.61. The molecule has 2 rings (SSSR count). The number of methoxy groups -OCH3 is 1. The lowest BCUT2D eigenvalue weighted by molar-refractivity contribution is -0.138. The Kier molecular flexibility index (Phi) is 6.51. The third-order valence-electron chi connectivity index (χ3n) is 3.64. The highest BCUT2D eigenvalue weighted by Gasteiger charge is 2.34. The third kappa shape index (κ3) is 5.52. The molecule has 1 atom stereocenters. The van der Waals surface area contributed by atoms with E-state index in [2.05, 4.69) is 5.32 Å². The van der Waals surface area contributed by atoms with Crippen LogP contribution in [0, 0.1) is 5.82 Å². The Hall–Kier alpha value is -2.94. The van der Waals surface area contributed by atoms with Gasteiger partial charge < -0.3 is 15.4 Å². The van der Waals surface area contributed by atoms with E-state index in [0.717, 1.165) is 12.1 Å². The van der Waals surface area contributed by atoms with Crippen LogP contribution in [0.25, 0.3) is 0 Å². The molecule has 0 aliphatic carbocycles. The number of hydrogen-bond donors (Lipinski definition) is 2. The largest absolute Gasteiger partial charge is 0.418 e. The number of carbonyl (C=O) groups is 2. The number of halogens is 4. The Morgan fingerprint density at radius 3 is 2.41 bits per heavy atom. The minimum Gasteiger partial charge on any atom is -0.375 e. The standard InChI is InChI=1S/C18H16F4N2O3/c1-27-15(11-5-4-6-12(19)9-11)10-23-16(25)17(26)24-14-8-3-2-7-13(14)18(20,21)22/h2-9,15H,10H2,1H3,(H,23,25)(H,24,26)/t15-/m0/s1. The average molecular weight is 384 g/mol. The van der Waals surface area contributed by atoms with Gasteiger partial charge in [-0.15, -0.1) is 0 Å². The number of alkyl halides is 3. The zero-order valence-corrected chi connectivity index (χ0v) is 14.1. The molecule has 0 fully saturated rings. The molecule has 2 aromatic carbocycles. The van der Waals surface area contributed by atoms with E-state index in [1.807, 2.05) is 5.32 Å². The predicted molar refractivity (Wildman–Crippen MR) is 89.2 cm³/mol. The van der Waals surface area contributed by atoms with Gasteiger partial charge in [0.15, 0.2) is 0 Å². The Morgan fingerprint density at radius 1 is 1.07 bits per heavy atom. The van der Waals surface area contributed by atoms with Gasteiger partial charge in [-0.3, -0.25) is 9.59 Å². The maximum atomic E-state index is 13.3. The van der Waals surface area contributed by atoms with Crippen LogP contribution < -0.4 is 10.6 Å². The van der Waals surface area contributed by atoms with Gasteiger partial charge in [0.05, 0.1) is 17.4 Å². The maximum Gasteiger partial charge on any atom is 0.418 e. The minimum absolute atomic E-state index is 0.173. The van der Waals surface area contributed by atoms with Crippen LogP contribution in [-0.2, 0) is 20.5 Å². The van der Waals surface area contributed by atoms with Crippen molar-refractivity contribution in [3.8, 4) is 0 Å². The summed E-state index contributed by atoms with van der Waals surface area (Å²) in [6.45, 7) is -0.173. The molecule has 144 valence electrons. The van der Waals surface area contributed by atoms with E-state index < -0.39 is 41.2 Å². The lowest BCUT2D eigenvalue weighted by atomic mass is 10.1. The molecule has 5 nitrogen and oxygen atoms in total. The molecule has 2 aromatic rings. The molecule has 0 heterocycles. The van der Waals surface area contributed by atoms with E-state index in [1.165, 1.54) is 37.4 Å². The topological polar surface area (TPSA) is 67.4 Å². The summed E-state index contributed by atoms with van der Waals surface area (Å²) in [5, 5.41) is 4.19.